The minimum absolute atomic E-state index is 0.0705. The summed E-state index contributed by atoms with van der Waals surface area (Å²) in [4.78, 5) is 235. The van der Waals surface area contributed by atoms with Gasteiger partial charge in [-0.05, 0) is 38.5 Å². The van der Waals surface area contributed by atoms with Gasteiger partial charge in [0.15, 0.2) is 39.6 Å². The summed E-state index contributed by atoms with van der Waals surface area (Å²) in [5.41, 5.74) is -4.57. The van der Waals surface area contributed by atoms with Crippen LogP contribution in [0.15, 0.2) is 74.4 Å². The Hall–Kier alpha value is -11.4. The van der Waals surface area contributed by atoms with Crippen molar-refractivity contribution < 1.29 is 193 Å². The molecule has 6 unspecified atom stereocenters. The van der Waals surface area contributed by atoms with Gasteiger partial charge in [0.25, 0.3) is 0 Å². The fourth-order valence-corrected chi connectivity index (χ4v) is 11.2. The molecule has 0 amide bonds. The van der Waals surface area contributed by atoms with Crippen molar-refractivity contribution in [2.24, 2.45) is 46.3 Å². The van der Waals surface area contributed by atoms with Gasteiger partial charge in [-0.15, -0.1) is 0 Å². The first-order valence-electron chi connectivity index (χ1n) is 37.3. The Morgan fingerprint density at radius 3 is 0.714 bits per heavy atom. The molecule has 0 heterocycles. The van der Waals surface area contributed by atoms with Crippen LogP contribution in [0.3, 0.4) is 0 Å². The molecule has 6 N–H and O–H groups in total. The summed E-state index contributed by atoms with van der Waals surface area (Å²) in [6.45, 7) is -9.21. The topological polar surface area (TPSA) is 586 Å². The van der Waals surface area contributed by atoms with Crippen LogP contribution in [0.25, 0.3) is 0 Å². The number of aliphatic hydroxyl groups excluding tert-OH is 3. The third kappa shape index (κ3) is 41.5. The van der Waals surface area contributed by atoms with Gasteiger partial charge in [-0.2, -0.15) is 0 Å². The minimum atomic E-state index is -2.34. The zero-order valence-corrected chi connectivity index (χ0v) is 65.6. The van der Waals surface area contributed by atoms with E-state index in [0.29, 0.717) is 18.2 Å². The van der Waals surface area contributed by atoms with Crippen LogP contribution in [0.2, 0.25) is 0 Å². The number of carboxylic acids is 3. The lowest BCUT2D eigenvalue weighted by Crippen LogP contribution is -2.48. The number of aliphatic hydroxyl groups is 3. The Kier molecular flexibility index (Phi) is 48.7. The van der Waals surface area contributed by atoms with Gasteiger partial charge in [-0.3, -0.25) is 57.9 Å². The third-order valence-electron chi connectivity index (χ3n) is 17.9. The molecule has 662 valence electrons. The highest BCUT2D eigenvalue weighted by atomic mass is 16.6. The van der Waals surface area contributed by atoms with Gasteiger partial charge in [0, 0.05) is 77.1 Å². The monoisotopic (exact) mass is 1700 g/mol. The van der Waals surface area contributed by atoms with Crippen LogP contribution in [0, 0.1) is 46.3 Å². The summed E-state index contributed by atoms with van der Waals surface area (Å²) >= 11 is 0. The van der Waals surface area contributed by atoms with Crippen LogP contribution < -0.4 is 0 Å². The lowest BCUT2D eigenvalue weighted by molar-refractivity contribution is -0.184. The van der Waals surface area contributed by atoms with Crippen molar-refractivity contribution in [1.29, 1.82) is 0 Å². The van der Waals surface area contributed by atoms with Crippen LogP contribution >= 0.6 is 0 Å². The highest BCUT2D eigenvalue weighted by molar-refractivity contribution is 5.87. The van der Waals surface area contributed by atoms with E-state index >= 15 is 0 Å². The van der Waals surface area contributed by atoms with Crippen molar-refractivity contribution in [2.75, 3.05) is 191 Å². The predicted octanol–water partition coefficient (Wildman–Crippen LogP) is -2.26. The lowest BCUT2D eigenvalue weighted by Gasteiger charge is -2.35. The molecule has 3 aliphatic rings. The number of nitrogens with zero attached hydrogens (tertiary/aromatic N) is 3. The fourth-order valence-electron chi connectivity index (χ4n) is 11.2. The fraction of sp³-hybridized carbons (Fsp3) is 0.605. The molecule has 0 aromatic heterocycles. The van der Waals surface area contributed by atoms with Crippen LogP contribution in [0.1, 0.15) is 57.8 Å². The zero-order chi connectivity index (χ0) is 88.1. The normalized spacial score (nSPS) is 17.1. The van der Waals surface area contributed by atoms with Gasteiger partial charge in [0.05, 0.1) is 98.6 Å². The van der Waals surface area contributed by atoms with Gasteiger partial charge in [0.2, 0.25) is 0 Å². The van der Waals surface area contributed by atoms with Gasteiger partial charge >= 0.3 is 107 Å². The Balaban J connectivity index is 2.05. The minimum Gasteiger partial charge on any atom is -0.481 e. The Labute approximate surface area is 682 Å². The van der Waals surface area contributed by atoms with E-state index in [1.807, 2.05) is 0 Å². The van der Waals surface area contributed by atoms with Gasteiger partial charge in [0.1, 0.15) is 59.5 Å². The van der Waals surface area contributed by atoms with E-state index in [0.717, 1.165) is 0 Å². The predicted molar refractivity (Wildman–Crippen MR) is 394 cm³/mol. The zero-order valence-electron chi connectivity index (χ0n) is 65.6. The lowest BCUT2D eigenvalue weighted by atomic mass is 9.83. The molecule has 43 heteroatoms. The molecule has 0 spiro atoms. The van der Waals surface area contributed by atoms with Crippen molar-refractivity contribution in [3.05, 3.63) is 74.4 Å². The molecule has 43 nitrogen and oxygen atoms in total. The summed E-state index contributed by atoms with van der Waals surface area (Å²) in [6.07, 6.45) is 11.1. The molecule has 0 saturated carbocycles. The van der Waals surface area contributed by atoms with Crippen molar-refractivity contribution in [2.45, 2.75) is 57.8 Å². The molecule has 119 heavy (non-hydrogen) atoms. The summed E-state index contributed by atoms with van der Waals surface area (Å²) in [5, 5.41) is 58.2. The van der Waals surface area contributed by atoms with Crippen LogP contribution in [-0.2, 0) is 162 Å². The first-order valence-corrected chi connectivity index (χ1v) is 37.3. The van der Waals surface area contributed by atoms with E-state index in [-0.39, 0.29) is 117 Å². The molecule has 0 saturated heterocycles. The first kappa shape index (κ1) is 102. The molecule has 0 bridgehead atoms. The molecule has 6 atom stereocenters. The molecule has 3 aliphatic carbocycles. The molecule has 0 fully saturated rings. The number of aliphatic carboxylic acids is 3. The number of esters is 15. The molecule has 3 rings (SSSR count). The maximum absolute atomic E-state index is 13.8. The quantitative estimate of drug-likeness (QED) is 0.0162. The summed E-state index contributed by atoms with van der Waals surface area (Å²) in [6, 6.07) is 0. The third-order valence-corrected chi connectivity index (χ3v) is 17.9. The highest BCUT2D eigenvalue weighted by Crippen LogP contribution is 2.31. The molecule has 0 aromatic carbocycles. The van der Waals surface area contributed by atoms with Crippen molar-refractivity contribution in [3.8, 4) is 0 Å². The first-order chi connectivity index (χ1) is 56.8. The van der Waals surface area contributed by atoms with E-state index in [2.05, 4.69) is 19.7 Å². The Morgan fingerprint density at radius 2 is 0.504 bits per heavy atom. The van der Waals surface area contributed by atoms with Gasteiger partial charge in [-0.1, -0.05) is 56.2 Å². The molecule has 0 aliphatic heterocycles. The van der Waals surface area contributed by atoms with Gasteiger partial charge < -0.3 is 106 Å². The number of hydrogen-bond donors (Lipinski definition) is 6. The average molecular weight is 1700 g/mol. The van der Waals surface area contributed by atoms with E-state index in [1.54, 1.807) is 36.5 Å². The van der Waals surface area contributed by atoms with Gasteiger partial charge in [-0.25, -0.2) is 43.2 Å². The number of allylic oxidation sites excluding steroid dienone is 6. The number of carbonyl (C=O) groups is 18. The smallest absolute Gasteiger partial charge is 0.344 e. The second-order valence-corrected chi connectivity index (χ2v) is 26.8. The maximum atomic E-state index is 13.8. The number of carbonyl (C=O) groups excluding carboxylic acids is 15. The summed E-state index contributed by atoms with van der Waals surface area (Å²) < 4.78 is 84.7. The molecular formula is C76H103N3O40. The summed E-state index contributed by atoms with van der Waals surface area (Å²) in [7, 11) is 0. The van der Waals surface area contributed by atoms with E-state index in [9.17, 15) is 117 Å². The second kappa shape index (κ2) is 56.9. The molecular weight excluding hydrogens is 1590 g/mol. The summed E-state index contributed by atoms with van der Waals surface area (Å²) in [5.74, 6) is -26.6. The maximum Gasteiger partial charge on any atom is 0.344 e. The van der Waals surface area contributed by atoms with E-state index in [1.165, 1.54) is 14.7 Å². The number of rotatable bonds is 61. The van der Waals surface area contributed by atoms with Crippen LogP contribution in [0.5, 0.6) is 0 Å². The highest BCUT2D eigenvalue weighted by Gasteiger charge is 2.43. The average Bonchev–Trinajstić information content (AvgIpc) is 0.852. The molecule has 0 aromatic rings. The Morgan fingerprint density at radius 1 is 0.286 bits per heavy atom. The SMILES string of the molecule is C=CC(=O)OCC(=O)OCC(COCC(COC(=O)COC(=O)CCN(CCO)CCOC(=O)C1CC=CCC1C(=O)O)(COC(=O)COC(=O)CCN(CCO)CCOC(=O)C1CC=CCC1C(=O)O)COC(=O)COC(=O)CCN(CCO)CCOC(=O)C1CC=CCC1C(=O)O)(COC(=O)COC(=O)C=C)COC(=O)COC(=O)C=C. The molecule has 0 radical (unpaired) electrons. The van der Waals surface area contributed by atoms with E-state index < -0.39 is 285 Å². The standard InChI is InChI=1S/C76H103N3O40/c1-4-57(83)108-37-63(89)114-45-75(46-115-64(90)38-109-58(84)5-2,47-116-65(91)39-110-59(85)6-3)43-104-44-76(48-117-66(92)40-111-60(86)19-22-77(25-31-80)28-34-105-72(101)54-16-10-7-13-51(54)69(95)96,49-118-67(93)41-112-61(87)20-23-78(26-32-81)29-35-106-73(102)55-17-11-8-14-52(55)70(97)98)50-119-68(94)42-113-62(88)21-24-79(27-33-82)30-36-107-74(103)56-18-12-9-15-53(56)71(99)100/h4-12,51-56,80-82H,1-3,13-50H2,(H,95,96)(H,97,98)(H,99,100). The van der Waals surface area contributed by atoms with E-state index in [4.69, 9.17) is 75.8 Å². The second-order valence-electron chi connectivity index (χ2n) is 26.8. The van der Waals surface area contributed by atoms with Crippen molar-refractivity contribution in [1.82, 2.24) is 14.7 Å². The van der Waals surface area contributed by atoms with Crippen LogP contribution in [0.4, 0.5) is 0 Å². The Bertz CT molecular complexity index is 3200. The largest absolute Gasteiger partial charge is 0.481 e. The number of ether oxygens (including phenoxy) is 16. The van der Waals surface area contributed by atoms with Crippen LogP contribution in [-0.4, -0.2) is 344 Å². The van der Waals surface area contributed by atoms with Crippen molar-refractivity contribution in [3.63, 3.8) is 0 Å². The number of hydrogen-bond acceptors (Lipinski definition) is 40. The van der Waals surface area contributed by atoms with Crippen molar-refractivity contribution >= 4 is 107 Å². The number of carboxylic acid groups (broad SMARTS) is 3.